The molecule has 1 aromatic rings. The molecule has 0 aliphatic heterocycles. The first-order valence-corrected chi connectivity index (χ1v) is 4.90. The molecule has 1 saturated carbocycles. The summed E-state index contributed by atoms with van der Waals surface area (Å²) in [5, 5.41) is 12.0. The summed E-state index contributed by atoms with van der Waals surface area (Å²) >= 11 is 0. The number of carbonyl (C=O) groups is 1. The van der Waals surface area contributed by atoms with Crippen LogP contribution in [-0.4, -0.2) is 16.6 Å². The molecule has 1 fully saturated rings. The van der Waals surface area contributed by atoms with Gasteiger partial charge >= 0.3 is 5.97 Å². The molecule has 1 aromatic carbocycles. The molecule has 0 radical (unpaired) electrons. The second-order valence-electron chi connectivity index (χ2n) is 3.87. The van der Waals surface area contributed by atoms with E-state index >= 15 is 0 Å². The first-order chi connectivity index (χ1) is 7.12. The third-order valence-corrected chi connectivity index (χ3v) is 2.84. The lowest BCUT2D eigenvalue weighted by Gasteiger charge is -2.39. The summed E-state index contributed by atoms with van der Waals surface area (Å²) in [6.07, 6.45) is 2.17. The molecular weight excluding hydrogens is 197 g/mol. The molecule has 0 heterocycles. The van der Waals surface area contributed by atoms with Gasteiger partial charge in [-0.05, 0) is 43.5 Å². The standard InChI is InChI=1S/C11H12FNO2/c12-8-2-4-9(5-3-8)13-11(10(14)15)6-1-7-11/h2-5,13H,1,6-7H2,(H,14,15). The molecule has 0 unspecified atom stereocenters. The van der Waals surface area contributed by atoms with Crippen LogP contribution in [0.4, 0.5) is 10.1 Å². The Kier molecular flexibility index (Phi) is 2.34. The first-order valence-electron chi connectivity index (χ1n) is 4.90. The van der Waals surface area contributed by atoms with Crippen LogP contribution in [-0.2, 0) is 4.79 Å². The Balaban J connectivity index is 2.13. The van der Waals surface area contributed by atoms with E-state index in [9.17, 15) is 9.18 Å². The number of aliphatic carboxylic acids is 1. The monoisotopic (exact) mass is 209 g/mol. The van der Waals surface area contributed by atoms with Crippen LogP contribution in [0.25, 0.3) is 0 Å². The quantitative estimate of drug-likeness (QED) is 0.802. The van der Waals surface area contributed by atoms with E-state index in [2.05, 4.69) is 5.32 Å². The van der Waals surface area contributed by atoms with Crippen molar-refractivity contribution in [3.8, 4) is 0 Å². The molecule has 80 valence electrons. The van der Waals surface area contributed by atoms with Crippen molar-refractivity contribution in [2.75, 3.05) is 5.32 Å². The molecule has 4 heteroatoms. The molecule has 0 amide bonds. The number of anilines is 1. The van der Waals surface area contributed by atoms with Crippen LogP contribution >= 0.6 is 0 Å². The van der Waals surface area contributed by atoms with Gasteiger partial charge in [0.05, 0.1) is 0 Å². The molecule has 0 aromatic heterocycles. The van der Waals surface area contributed by atoms with Crippen LogP contribution in [0.3, 0.4) is 0 Å². The Morgan fingerprint density at radius 2 is 1.93 bits per heavy atom. The van der Waals surface area contributed by atoms with Crippen LogP contribution in [0.2, 0.25) is 0 Å². The Labute approximate surface area is 86.9 Å². The highest BCUT2D eigenvalue weighted by Gasteiger charge is 2.44. The zero-order valence-electron chi connectivity index (χ0n) is 8.16. The number of carboxylic acid groups (broad SMARTS) is 1. The summed E-state index contributed by atoms with van der Waals surface area (Å²) in [4.78, 5) is 11.0. The van der Waals surface area contributed by atoms with Gasteiger partial charge in [0.2, 0.25) is 0 Å². The number of benzene rings is 1. The number of nitrogens with one attached hydrogen (secondary N) is 1. The molecule has 0 atom stereocenters. The summed E-state index contributed by atoms with van der Waals surface area (Å²) in [5.74, 6) is -1.16. The molecule has 2 rings (SSSR count). The Hall–Kier alpha value is -1.58. The van der Waals surface area contributed by atoms with Crippen molar-refractivity contribution in [3.05, 3.63) is 30.1 Å². The first kappa shape index (κ1) is 9.96. The zero-order chi connectivity index (χ0) is 10.9. The molecule has 1 aliphatic carbocycles. The fourth-order valence-electron chi connectivity index (χ4n) is 1.73. The van der Waals surface area contributed by atoms with Crippen LogP contribution in [0.5, 0.6) is 0 Å². The van der Waals surface area contributed by atoms with Gasteiger partial charge in [0.25, 0.3) is 0 Å². The van der Waals surface area contributed by atoms with Gasteiger partial charge < -0.3 is 10.4 Å². The van der Waals surface area contributed by atoms with E-state index in [4.69, 9.17) is 5.11 Å². The van der Waals surface area contributed by atoms with Gasteiger partial charge in [-0.3, -0.25) is 0 Å². The summed E-state index contributed by atoms with van der Waals surface area (Å²) in [6, 6.07) is 5.74. The second-order valence-corrected chi connectivity index (χ2v) is 3.87. The summed E-state index contributed by atoms with van der Waals surface area (Å²) in [6.45, 7) is 0. The number of carboxylic acids is 1. The minimum absolute atomic E-state index is 0.321. The van der Waals surface area contributed by atoms with Crippen molar-refractivity contribution < 1.29 is 14.3 Å². The normalized spacial score (nSPS) is 17.9. The van der Waals surface area contributed by atoms with E-state index in [1.165, 1.54) is 12.1 Å². The molecule has 0 bridgehead atoms. The maximum Gasteiger partial charge on any atom is 0.329 e. The van der Waals surface area contributed by atoms with Gasteiger partial charge in [-0.25, -0.2) is 9.18 Å². The van der Waals surface area contributed by atoms with Crippen molar-refractivity contribution >= 4 is 11.7 Å². The third kappa shape index (κ3) is 1.79. The van der Waals surface area contributed by atoms with Gasteiger partial charge in [-0.1, -0.05) is 0 Å². The summed E-state index contributed by atoms with van der Waals surface area (Å²) in [5.41, 5.74) is -0.184. The van der Waals surface area contributed by atoms with Gasteiger partial charge in [-0.2, -0.15) is 0 Å². The lowest BCUT2D eigenvalue weighted by Crippen LogP contribution is -2.52. The summed E-state index contributed by atoms with van der Waals surface area (Å²) in [7, 11) is 0. The van der Waals surface area contributed by atoms with Gasteiger partial charge in [0.15, 0.2) is 0 Å². The Bertz CT molecular complexity index is 371. The SMILES string of the molecule is O=C(O)C1(Nc2ccc(F)cc2)CCC1. The van der Waals surface area contributed by atoms with Crippen molar-refractivity contribution in [1.29, 1.82) is 0 Å². The molecule has 0 spiro atoms. The van der Waals surface area contributed by atoms with Gasteiger partial charge in [-0.15, -0.1) is 0 Å². The van der Waals surface area contributed by atoms with Crippen LogP contribution < -0.4 is 5.32 Å². The van der Waals surface area contributed by atoms with E-state index in [-0.39, 0.29) is 5.82 Å². The molecule has 2 N–H and O–H groups in total. The maximum atomic E-state index is 12.6. The fraction of sp³-hybridized carbons (Fsp3) is 0.364. The fourth-order valence-corrected chi connectivity index (χ4v) is 1.73. The average molecular weight is 209 g/mol. The number of hydrogen-bond donors (Lipinski definition) is 2. The largest absolute Gasteiger partial charge is 0.480 e. The summed E-state index contributed by atoms with van der Waals surface area (Å²) < 4.78 is 12.6. The lowest BCUT2D eigenvalue weighted by molar-refractivity contribution is -0.145. The topological polar surface area (TPSA) is 49.3 Å². The zero-order valence-corrected chi connectivity index (χ0v) is 8.16. The second kappa shape index (κ2) is 3.53. The Morgan fingerprint density at radius 3 is 2.33 bits per heavy atom. The minimum Gasteiger partial charge on any atom is -0.480 e. The highest BCUT2D eigenvalue weighted by Crippen LogP contribution is 2.35. The van der Waals surface area contributed by atoms with E-state index in [1.807, 2.05) is 0 Å². The lowest BCUT2D eigenvalue weighted by atomic mass is 9.76. The van der Waals surface area contributed by atoms with E-state index in [1.54, 1.807) is 12.1 Å². The van der Waals surface area contributed by atoms with Crippen molar-refractivity contribution in [2.24, 2.45) is 0 Å². The molecule has 1 aliphatic rings. The van der Waals surface area contributed by atoms with Crippen molar-refractivity contribution in [1.82, 2.24) is 0 Å². The van der Waals surface area contributed by atoms with Crippen LogP contribution in [0, 0.1) is 5.82 Å². The van der Waals surface area contributed by atoms with Crippen molar-refractivity contribution in [2.45, 2.75) is 24.8 Å². The van der Waals surface area contributed by atoms with E-state index in [0.717, 1.165) is 6.42 Å². The van der Waals surface area contributed by atoms with Crippen molar-refractivity contribution in [3.63, 3.8) is 0 Å². The van der Waals surface area contributed by atoms with E-state index < -0.39 is 11.5 Å². The molecule has 3 nitrogen and oxygen atoms in total. The smallest absolute Gasteiger partial charge is 0.329 e. The van der Waals surface area contributed by atoms with Crippen LogP contribution in [0.1, 0.15) is 19.3 Å². The average Bonchev–Trinajstić information content (AvgIpc) is 2.13. The van der Waals surface area contributed by atoms with Gasteiger partial charge in [0.1, 0.15) is 11.4 Å². The van der Waals surface area contributed by atoms with Gasteiger partial charge in [0, 0.05) is 5.69 Å². The molecule has 0 saturated heterocycles. The Morgan fingerprint density at radius 1 is 1.33 bits per heavy atom. The number of hydrogen-bond acceptors (Lipinski definition) is 2. The molecule has 15 heavy (non-hydrogen) atoms. The third-order valence-electron chi connectivity index (χ3n) is 2.84. The predicted molar refractivity (Wildman–Crippen MR) is 54.2 cm³/mol. The maximum absolute atomic E-state index is 12.6. The minimum atomic E-state index is -0.835. The van der Waals surface area contributed by atoms with Crippen LogP contribution in [0.15, 0.2) is 24.3 Å². The number of halogens is 1. The number of rotatable bonds is 3. The highest BCUT2D eigenvalue weighted by atomic mass is 19.1. The molecular formula is C11H12FNO2. The predicted octanol–water partition coefficient (Wildman–Crippen LogP) is 2.24. The van der Waals surface area contributed by atoms with E-state index in [0.29, 0.717) is 18.5 Å². The highest BCUT2D eigenvalue weighted by molar-refractivity contribution is 5.84.